The molecule has 5 atom stereocenters. The van der Waals surface area contributed by atoms with Crippen LogP contribution in [0.5, 0.6) is 11.5 Å². The number of hydrogen-bond donors (Lipinski definition) is 0. The van der Waals surface area contributed by atoms with Gasteiger partial charge in [0, 0.05) is 24.4 Å². The van der Waals surface area contributed by atoms with Crippen molar-refractivity contribution < 1.29 is 14.3 Å². The van der Waals surface area contributed by atoms with Gasteiger partial charge in [-0.05, 0) is 110 Å². The molecule has 6 rings (SSSR count). The van der Waals surface area contributed by atoms with E-state index in [0.717, 1.165) is 55.5 Å². The van der Waals surface area contributed by atoms with E-state index in [2.05, 4.69) is 43.5 Å². The Bertz CT molecular complexity index is 1240. The summed E-state index contributed by atoms with van der Waals surface area (Å²) in [7, 11) is 1.68. The highest BCUT2D eigenvalue weighted by Crippen LogP contribution is 2.64. The second kappa shape index (κ2) is 10.1. The largest absolute Gasteiger partial charge is 0.493 e. The van der Waals surface area contributed by atoms with Crippen LogP contribution in [0.3, 0.4) is 0 Å². The monoisotopic (exact) mass is 513 g/mol. The molecule has 0 unspecified atom stereocenters. The first-order chi connectivity index (χ1) is 18.4. The van der Waals surface area contributed by atoms with E-state index in [9.17, 15) is 4.79 Å². The highest BCUT2D eigenvalue weighted by Gasteiger charge is 2.59. The van der Waals surface area contributed by atoms with Crippen LogP contribution in [0.1, 0.15) is 70.8 Å². The van der Waals surface area contributed by atoms with Crippen LogP contribution in [-0.4, -0.2) is 29.1 Å². The van der Waals surface area contributed by atoms with Crippen LogP contribution in [0.15, 0.2) is 54.1 Å². The third-order valence-electron chi connectivity index (χ3n) is 10.4. The molecule has 0 spiro atoms. The molecule has 201 valence electrons. The van der Waals surface area contributed by atoms with E-state index >= 15 is 0 Å². The number of aryl methyl sites for hydroxylation is 1. The van der Waals surface area contributed by atoms with Crippen molar-refractivity contribution in [2.75, 3.05) is 13.7 Å². The average molecular weight is 514 g/mol. The first kappa shape index (κ1) is 25.5. The van der Waals surface area contributed by atoms with Crippen molar-refractivity contribution in [1.82, 2.24) is 9.55 Å². The van der Waals surface area contributed by atoms with Crippen LogP contribution in [0.2, 0.25) is 0 Å². The molecule has 1 aromatic carbocycles. The SMILES string of the molecule is COc1cc(C=C2C[C@H]3[C@@H]4CC=C5C[CH]CC[C@]5(C)[C@H]4CC[C@]3(C)C2=O)ccc1OCCCn1ccnc1. The van der Waals surface area contributed by atoms with Crippen molar-refractivity contribution in [1.29, 1.82) is 0 Å². The first-order valence-corrected chi connectivity index (χ1v) is 14.5. The zero-order valence-corrected chi connectivity index (χ0v) is 23.1. The molecule has 0 N–H and O–H groups in total. The van der Waals surface area contributed by atoms with Gasteiger partial charge in [-0.25, -0.2) is 4.98 Å². The highest BCUT2D eigenvalue weighted by molar-refractivity contribution is 6.06. The Morgan fingerprint density at radius 1 is 1.16 bits per heavy atom. The minimum absolute atomic E-state index is 0.224. The van der Waals surface area contributed by atoms with Crippen LogP contribution in [0, 0.1) is 35.0 Å². The Kier molecular flexibility index (Phi) is 6.74. The predicted molar refractivity (Wildman–Crippen MR) is 150 cm³/mol. The number of nitrogens with zero attached hydrogens (tertiary/aromatic N) is 2. The van der Waals surface area contributed by atoms with E-state index in [-0.39, 0.29) is 5.41 Å². The molecule has 0 amide bonds. The van der Waals surface area contributed by atoms with Gasteiger partial charge in [-0.2, -0.15) is 0 Å². The van der Waals surface area contributed by atoms with E-state index in [4.69, 9.17) is 9.47 Å². The van der Waals surface area contributed by atoms with E-state index < -0.39 is 0 Å². The number of allylic oxidation sites excluding steroid dienone is 3. The predicted octanol–water partition coefficient (Wildman–Crippen LogP) is 7.09. The molecule has 2 aromatic rings. The first-order valence-electron chi connectivity index (χ1n) is 14.5. The number of carbonyl (C=O) groups excluding carboxylic acids is 1. The van der Waals surface area contributed by atoms with Crippen molar-refractivity contribution >= 4 is 11.9 Å². The number of carbonyl (C=O) groups is 1. The number of benzene rings is 1. The second-order valence-electron chi connectivity index (χ2n) is 12.4. The van der Waals surface area contributed by atoms with Gasteiger partial charge < -0.3 is 14.0 Å². The van der Waals surface area contributed by atoms with E-state index in [1.54, 1.807) is 18.9 Å². The molecule has 38 heavy (non-hydrogen) atoms. The summed E-state index contributed by atoms with van der Waals surface area (Å²) < 4.78 is 13.7. The normalized spacial score (nSPS) is 33.3. The van der Waals surface area contributed by atoms with Crippen molar-refractivity contribution in [3.63, 3.8) is 0 Å². The van der Waals surface area contributed by atoms with Gasteiger partial charge in [0.2, 0.25) is 0 Å². The summed E-state index contributed by atoms with van der Waals surface area (Å²) in [5, 5.41) is 0. The second-order valence-corrected chi connectivity index (χ2v) is 12.4. The molecule has 5 heteroatoms. The smallest absolute Gasteiger partial charge is 0.165 e. The number of ether oxygens (including phenoxy) is 2. The van der Waals surface area contributed by atoms with Crippen molar-refractivity contribution in [2.45, 2.75) is 71.8 Å². The maximum absolute atomic E-state index is 13.8. The van der Waals surface area contributed by atoms with E-state index in [0.29, 0.717) is 41.3 Å². The highest BCUT2D eigenvalue weighted by atomic mass is 16.5. The number of aromatic nitrogens is 2. The Morgan fingerprint density at radius 2 is 2.05 bits per heavy atom. The van der Waals surface area contributed by atoms with Gasteiger partial charge in [0.15, 0.2) is 17.3 Å². The summed E-state index contributed by atoms with van der Waals surface area (Å²) in [6.07, 6.45) is 21.5. The minimum atomic E-state index is -0.224. The fraction of sp³-hybridized carbons (Fsp3) is 0.545. The Labute approximate surface area is 227 Å². The lowest BCUT2D eigenvalue weighted by Crippen LogP contribution is -2.49. The Balaban J connectivity index is 1.18. The Morgan fingerprint density at radius 3 is 2.87 bits per heavy atom. The summed E-state index contributed by atoms with van der Waals surface area (Å²) in [4.78, 5) is 17.9. The molecule has 3 saturated carbocycles. The maximum Gasteiger partial charge on any atom is 0.165 e. The zero-order valence-electron chi connectivity index (χ0n) is 23.1. The van der Waals surface area contributed by atoms with Gasteiger partial charge in [-0.1, -0.05) is 31.6 Å². The van der Waals surface area contributed by atoms with Crippen LogP contribution in [0.4, 0.5) is 0 Å². The number of hydrogen-bond acceptors (Lipinski definition) is 4. The molecule has 3 fully saturated rings. The molecule has 0 saturated heterocycles. The zero-order chi connectivity index (χ0) is 26.3. The quantitative estimate of drug-likeness (QED) is 0.225. The van der Waals surface area contributed by atoms with Crippen LogP contribution >= 0.6 is 0 Å². The average Bonchev–Trinajstić information content (AvgIpc) is 3.53. The third-order valence-corrected chi connectivity index (χ3v) is 10.4. The van der Waals surface area contributed by atoms with Crippen LogP contribution in [0.25, 0.3) is 6.08 Å². The van der Waals surface area contributed by atoms with Crippen LogP contribution < -0.4 is 9.47 Å². The summed E-state index contributed by atoms with van der Waals surface area (Å²) >= 11 is 0. The van der Waals surface area contributed by atoms with Gasteiger partial charge in [-0.15, -0.1) is 0 Å². The Hall–Kier alpha value is -2.82. The molecule has 0 aliphatic heterocycles. The van der Waals surface area contributed by atoms with Crippen molar-refractivity contribution in [2.24, 2.45) is 28.6 Å². The van der Waals surface area contributed by atoms with Gasteiger partial charge in [0.25, 0.3) is 0 Å². The van der Waals surface area contributed by atoms with E-state index in [1.807, 2.05) is 29.2 Å². The lowest BCUT2D eigenvalue weighted by molar-refractivity contribution is -0.129. The summed E-state index contributed by atoms with van der Waals surface area (Å²) in [5.41, 5.74) is 3.78. The summed E-state index contributed by atoms with van der Waals surface area (Å²) in [6.45, 7) is 6.25. The van der Waals surface area contributed by atoms with Gasteiger partial charge in [0.05, 0.1) is 20.0 Å². The molecule has 4 aliphatic rings. The fourth-order valence-electron chi connectivity index (χ4n) is 8.22. The minimum Gasteiger partial charge on any atom is -0.493 e. The third kappa shape index (κ3) is 4.32. The van der Waals surface area contributed by atoms with Gasteiger partial charge >= 0.3 is 0 Å². The lowest BCUT2D eigenvalue weighted by Gasteiger charge is -2.56. The molecule has 4 aliphatic carbocycles. The molecule has 1 radical (unpaired) electrons. The summed E-state index contributed by atoms with van der Waals surface area (Å²) in [5.74, 6) is 3.60. The number of methoxy groups -OCH3 is 1. The molecule has 0 bridgehead atoms. The molecule has 1 heterocycles. The maximum atomic E-state index is 13.8. The summed E-state index contributed by atoms with van der Waals surface area (Å²) in [6, 6.07) is 6.03. The molecular weight excluding hydrogens is 472 g/mol. The topological polar surface area (TPSA) is 53.4 Å². The number of ketones is 1. The lowest BCUT2D eigenvalue weighted by atomic mass is 9.48. The van der Waals surface area contributed by atoms with Gasteiger partial charge in [0.1, 0.15) is 0 Å². The fourth-order valence-corrected chi connectivity index (χ4v) is 8.22. The number of rotatable bonds is 7. The molecule has 5 nitrogen and oxygen atoms in total. The van der Waals surface area contributed by atoms with Crippen LogP contribution in [-0.2, 0) is 11.3 Å². The standard InChI is InChI=1S/C33H41N2O3/c1-32-13-5-4-7-25(32)9-10-26-27(32)12-14-33(2)28(26)21-24(31(33)36)19-23-8-11-29(30(20-23)37-3)38-18-6-16-35-17-15-34-22-35/h4,8-9,11,15,17,19-20,22,26-28H,5-7,10,12-14,16,18,21H2,1-3H3/t26-,27+,28+,32+,33+/m1/s1. The van der Waals surface area contributed by atoms with Gasteiger partial charge in [-0.3, -0.25) is 4.79 Å². The van der Waals surface area contributed by atoms with Crippen molar-refractivity contribution in [3.05, 3.63) is 66.1 Å². The molecule has 1 aromatic heterocycles. The number of imidazole rings is 1. The number of fused-ring (bicyclic) bond motifs is 5. The van der Waals surface area contributed by atoms with E-state index in [1.165, 1.54) is 19.3 Å². The number of Topliss-reactive ketones (excluding diaryl/α,β-unsaturated/α-hetero) is 1. The van der Waals surface area contributed by atoms with Crippen molar-refractivity contribution in [3.8, 4) is 11.5 Å². The molecular formula is C33H41N2O3.